The van der Waals surface area contributed by atoms with Gasteiger partial charge in [0.05, 0.1) is 6.54 Å². The van der Waals surface area contributed by atoms with Crippen LogP contribution in [0.5, 0.6) is 0 Å². The molecule has 0 bridgehead atoms. The van der Waals surface area contributed by atoms with Crippen molar-refractivity contribution >= 4 is 15.3 Å². The van der Waals surface area contributed by atoms with E-state index in [9.17, 15) is 13.2 Å². The Hall–Kier alpha value is -1.56. The van der Waals surface area contributed by atoms with Crippen LogP contribution in [0.1, 0.15) is 12.8 Å². The van der Waals surface area contributed by atoms with E-state index in [4.69, 9.17) is 5.73 Å². The Morgan fingerprint density at radius 2 is 2.31 bits per heavy atom. The maximum Gasteiger partial charge on any atom is 0.354 e. The quantitative estimate of drug-likeness (QED) is 0.750. The molecule has 16 heavy (non-hydrogen) atoms. The van der Waals surface area contributed by atoms with Crippen molar-refractivity contribution in [3.63, 3.8) is 0 Å². The molecule has 0 aromatic carbocycles. The number of allylic oxidation sites excluding steroid dienone is 3. The van der Waals surface area contributed by atoms with Crippen molar-refractivity contribution < 1.29 is 13.2 Å². The highest BCUT2D eigenvalue weighted by Gasteiger charge is 2.25. The minimum Gasteiger partial charge on any atom is -0.355 e. The Morgan fingerprint density at radius 3 is 2.75 bits per heavy atom. The van der Waals surface area contributed by atoms with Gasteiger partial charge in [0.25, 0.3) is 0 Å². The standard InChI is InChI=1S/C10H14N2O3S/c1-2-3-4-9-5-7-12(8-6-9)16(14,15)10(11)13/h2,5-7H,1,3-4,8H2,(H2,11,13). The van der Waals surface area contributed by atoms with Gasteiger partial charge in [-0.05, 0) is 24.5 Å². The molecule has 0 unspecified atom stereocenters. The first-order chi connectivity index (χ1) is 7.48. The summed E-state index contributed by atoms with van der Waals surface area (Å²) in [6.07, 6.45) is 8.21. The largest absolute Gasteiger partial charge is 0.355 e. The van der Waals surface area contributed by atoms with Crippen LogP contribution in [0.15, 0.2) is 36.6 Å². The van der Waals surface area contributed by atoms with Crippen LogP contribution in [-0.4, -0.2) is 24.5 Å². The Labute approximate surface area is 95.0 Å². The van der Waals surface area contributed by atoms with Crippen molar-refractivity contribution in [1.82, 2.24) is 4.31 Å². The zero-order valence-electron chi connectivity index (χ0n) is 8.80. The zero-order valence-corrected chi connectivity index (χ0v) is 9.61. The van der Waals surface area contributed by atoms with Gasteiger partial charge in [-0.1, -0.05) is 12.2 Å². The molecule has 1 heterocycles. The molecule has 5 nitrogen and oxygen atoms in total. The van der Waals surface area contributed by atoms with Crippen molar-refractivity contribution in [3.05, 3.63) is 36.6 Å². The lowest BCUT2D eigenvalue weighted by Crippen LogP contribution is -2.36. The zero-order chi connectivity index (χ0) is 12.2. The molecule has 0 aromatic rings. The molecular weight excluding hydrogens is 228 g/mol. The smallest absolute Gasteiger partial charge is 0.354 e. The average molecular weight is 242 g/mol. The number of rotatable bonds is 4. The van der Waals surface area contributed by atoms with E-state index in [2.05, 4.69) is 6.58 Å². The lowest BCUT2D eigenvalue weighted by molar-refractivity contribution is 0.264. The van der Waals surface area contributed by atoms with Gasteiger partial charge >= 0.3 is 15.3 Å². The molecule has 0 aromatic heterocycles. The molecule has 0 spiro atoms. The third-order valence-corrected chi connectivity index (χ3v) is 3.59. The van der Waals surface area contributed by atoms with Crippen LogP contribution < -0.4 is 5.73 Å². The van der Waals surface area contributed by atoms with Crippen LogP contribution in [-0.2, 0) is 10.0 Å². The number of hydrogen-bond donors (Lipinski definition) is 1. The van der Waals surface area contributed by atoms with Crippen molar-refractivity contribution in [3.8, 4) is 0 Å². The molecule has 1 amide bonds. The Balaban J connectivity index is 2.69. The molecule has 0 saturated heterocycles. The molecule has 0 fully saturated rings. The van der Waals surface area contributed by atoms with E-state index in [1.54, 1.807) is 18.2 Å². The second kappa shape index (κ2) is 4.98. The van der Waals surface area contributed by atoms with Gasteiger partial charge < -0.3 is 5.73 Å². The van der Waals surface area contributed by atoms with Crippen LogP contribution in [0.3, 0.4) is 0 Å². The summed E-state index contributed by atoms with van der Waals surface area (Å²) in [5.74, 6) is 0. The summed E-state index contributed by atoms with van der Waals surface area (Å²) in [5, 5.41) is -1.33. The van der Waals surface area contributed by atoms with Crippen molar-refractivity contribution in [2.45, 2.75) is 12.8 Å². The highest BCUT2D eigenvalue weighted by molar-refractivity contribution is 8.04. The summed E-state index contributed by atoms with van der Waals surface area (Å²) >= 11 is 0. The number of nitrogens with zero attached hydrogens (tertiary/aromatic N) is 1. The fourth-order valence-corrected chi connectivity index (χ4v) is 1.99. The summed E-state index contributed by atoms with van der Waals surface area (Å²) in [6.45, 7) is 3.75. The molecule has 0 saturated carbocycles. The molecule has 6 heteroatoms. The van der Waals surface area contributed by atoms with Gasteiger partial charge in [-0.3, -0.25) is 9.10 Å². The monoisotopic (exact) mass is 242 g/mol. The first kappa shape index (κ1) is 12.5. The van der Waals surface area contributed by atoms with Gasteiger partial charge in [0, 0.05) is 6.20 Å². The first-order valence-corrected chi connectivity index (χ1v) is 6.22. The van der Waals surface area contributed by atoms with Crippen LogP contribution in [0.4, 0.5) is 4.79 Å². The SMILES string of the molecule is C=CCCC1=CCN(S(=O)(=O)C(N)=O)C=C1. The number of hydrogen-bond acceptors (Lipinski definition) is 3. The highest BCUT2D eigenvalue weighted by Crippen LogP contribution is 2.15. The molecule has 2 N–H and O–H groups in total. The Kier molecular flexibility index (Phi) is 3.89. The van der Waals surface area contributed by atoms with E-state index >= 15 is 0 Å². The average Bonchev–Trinajstić information content (AvgIpc) is 2.26. The minimum absolute atomic E-state index is 0.147. The molecule has 0 radical (unpaired) electrons. The van der Waals surface area contributed by atoms with Gasteiger partial charge in [0.2, 0.25) is 0 Å². The molecular formula is C10H14N2O3S. The molecule has 1 rings (SSSR count). The lowest BCUT2D eigenvalue weighted by Gasteiger charge is -2.20. The number of amides is 1. The minimum atomic E-state index is -4.02. The number of nitrogens with two attached hydrogens (primary N) is 1. The van der Waals surface area contributed by atoms with Crippen LogP contribution in [0.2, 0.25) is 0 Å². The second-order valence-corrected chi connectivity index (χ2v) is 5.14. The fraction of sp³-hybridized carbons (Fsp3) is 0.300. The number of carbonyl (C=O) groups is 1. The molecule has 0 aliphatic carbocycles. The van der Waals surface area contributed by atoms with Gasteiger partial charge in [-0.25, -0.2) is 0 Å². The lowest BCUT2D eigenvalue weighted by atomic mass is 10.1. The number of sulfonamides is 1. The van der Waals surface area contributed by atoms with Crippen LogP contribution in [0, 0.1) is 0 Å². The van der Waals surface area contributed by atoms with E-state index in [1.165, 1.54) is 6.20 Å². The van der Waals surface area contributed by atoms with Crippen LogP contribution in [0.25, 0.3) is 0 Å². The Bertz CT molecular complexity index is 449. The normalized spacial score (nSPS) is 15.8. The van der Waals surface area contributed by atoms with Gasteiger partial charge in [0.15, 0.2) is 0 Å². The van der Waals surface area contributed by atoms with Crippen molar-refractivity contribution in [1.29, 1.82) is 0 Å². The van der Waals surface area contributed by atoms with E-state index < -0.39 is 15.3 Å². The molecule has 1 aliphatic heterocycles. The van der Waals surface area contributed by atoms with Crippen LogP contribution >= 0.6 is 0 Å². The summed E-state index contributed by atoms with van der Waals surface area (Å²) in [6, 6.07) is 0. The maximum absolute atomic E-state index is 11.4. The molecule has 1 aliphatic rings. The van der Waals surface area contributed by atoms with Gasteiger partial charge in [-0.15, -0.1) is 6.58 Å². The van der Waals surface area contributed by atoms with E-state index in [0.29, 0.717) is 0 Å². The van der Waals surface area contributed by atoms with Crippen molar-refractivity contribution in [2.75, 3.05) is 6.54 Å². The van der Waals surface area contributed by atoms with Crippen molar-refractivity contribution in [2.24, 2.45) is 5.73 Å². The fourth-order valence-electron chi connectivity index (χ4n) is 1.26. The second-order valence-electron chi connectivity index (χ2n) is 3.32. The predicted molar refractivity (Wildman–Crippen MR) is 61.9 cm³/mol. The maximum atomic E-state index is 11.4. The summed E-state index contributed by atoms with van der Waals surface area (Å²) in [7, 11) is -4.02. The van der Waals surface area contributed by atoms with E-state index in [0.717, 1.165) is 22.7 Å². The summed E-state index contributed by atoms with van der Waals surface area (Å²) in [5.41, 5.74) is 5.80. The number of carbonyl (C=O) groups excluding carboxylic acids is 1. The molecule has 0 atom stereocenters. The summed E-state index contributed by atoms with van der Waals surface area (Å²) in [4.78, 5) is 10.7. The first-order valence-electron chi connectivity index (χ1n) is 4.78. The highest BCUT2D eigenvalue weighted by atomic mass is 32.2. The number of primary amides is 1. The van der Waals surface area contributed by atoms with E-state index in [1.807, 2.05) is 0 Å². The third kappa shape index (κ3) is 2.73. The Morgan fingerprint density at radius 1 is 1.62 bits per heavy atom. The predicted octanol–water partition coefficient (Wildman–Crippen LogP) is 1.12. The van der Waals surface area contributed by atoms with Gasteiger partial charge in [-0.2, -0.15) is 8.42 Å². The summed E-state index contributed by atoms with van der Waals surface area (Å²) < 4.78 is 23.6. The molecule has 88 valence electrons. The van der Waals surface area contributed by atoms with Gasteiger partial charge in [0.1, 0.15) is 0 Å². The topological polar surface area (TPSA) is 80.5 Å². The third-order valence-electron chi connectivity index (χ3n) is 2.19. The van der Waals surface area contributed by atoms with E-state index in [-0.39, 0.29) is 6.54 Å².